The molecule has 4 rings (SSSR count). The molecule has 2 heterocycles. The van der Waals surface area contributed by atoms with Gasteiger partial charge >= 0.3 is 0 Å². The predicted molar refractivity (Wildman–Crippen MR) is 114 cm³/mol. The number of nitrogens with two attached hydrogens (primary N) is 1. The molecule has 29 heavy (non-hydrogen) atoms. The highest BCUT2D eigenvalue weighted by molar-refractivity contribution is 7.18. The summed E-state index contributed by atoms with van der Waals surface area (Å²) in [5.41, 5.74) is 6.53. The maximum atomic E-state index is 12.7. The van der Waals surface area contributed by atoms with Crippen molar-refractivity contribution in [1.29, 1.82) is 0 Å². The van der Waals surface area contributed by atoms with Crippen LogP contribution in [-0.4, -0.2) is 41.4 Å². The third kappa shape index (κ3) is 4.36. The first-order valence-electron chi connectivity index (χ1n) is 9.36. The number of rotatable bonds is 5. The molecule has 0 bridgehead atoms. The number of ether oxygens (including phenoxy) is 1. The standard InChI is InChI=1S/C21H20ClN3O3S/c22-14-7-8-17(15(10-14)20(23)27)28-12-19(26)25-9-3-4-13(11-25)21-24-16-5-1-2-6-18(16)29-21/h1-2,5-8,10,13H,3-4,9,11-12H2,(H2,23,27)/t13-/m1/s1. The summed E-state index contributed by atoms with van der Waals surface area (Å²) < 4.78 is 6.76. The zero-order valence-electron chi connectivity index (χ0n) is 15.6. The van der Waals surface area contributed by atoms with Crippen LogP contribution >= 0.6 is 22.9 Å². The van der Waals surface area contributed by atoms with Gasteiger partial charge in [0.1, 0.15) is 5.75 Å². The molecule has 2 aromatic carbocycles. The number of hydrogen-bond donors (Lipinski definition) is 1. The van der Waals surface area contributed by atoms with E-state index in [1.165, 1.54) is 6.07 Å². The number of carbonyl (C=O) groups excluding carboxylic acids is 2. The van der Waals surface area contributed by atoms with E-state index in [0.29, 0.717) is 18.1 Å². The van der Waals surface area contributed by atoms with Gasteiger partial charge in [-0.3, -0.25) is 9.59 Å². The number of halogens is 1. The van der Waals surface area contributed by atoms with Crippen molar-refractivity contribution in [2.75, 3.05) is 19.7 Å². The lowest BCUT2D eigenvalue weighted by Crippen LogP contribution is -2.41. The second-order valence-electron chi connectivity index (χ2n) is 6.99. The number of thiazole rings is 1. The van der Waals surface area contributed by atoms with E-state index < -0.39 is 5.91 Å². The second-order valence-corrected chi connectivity index (χ2v) is 8.49. The summed E-state index contributed by atoms with van der Waals surface area (Å²) in [6.07, 6.45) is 1.92. The Morgan fingerprint density at radius 2 is 2.10 bits per heavy atom. The number of nitrogens with zero attached hydrogens (tertiary/aromatic N) is 2. The Morgan fingerprint density at radius 1 is 1.28 bits per heavy atom. The van der Waals surface area contributed by atoms with Gasteiger partial charge in [0, 0.05) is 24.0 Å². The van der Waals surface area contributed by atoms with Gasteiger partial charge in [-0.15, -0.1) is 11.3 Å². The van der Waals surface area contributed by atoms with Crippen LogP contribution in [0.4, 0.5) is 0 Å². The lowest BCUT2D eigenvalue weighted by atomic mass is 9.99. The molecule has 1 aromatic heterocycles. The van der Waals surface area contributed by atoms with E-state index >= 15 is 0 Å². The Hall–Kier alpha value is -2.64. The van der Waals surface area contributed by atoms with Crippen LogP contribution < -0.4 is 10.5 Å². The number of para-hydroxylation sites is 1. The highest BCUT2D eigenvalue weighted by Gasteiger charge is 2.27. The molecular weight excluding hydrogens is 410 g/mol. The summed E-state index contributed by atoms with van der Waals surface area (Å²) in [7, 11) is 0. The third-order valence-corrected chi connectivity index (χ3v) is 6.43. The highest BCUT2D eigenvalue weighted by Crippen LogP contribution is 2.33. The minimum absolute atomic E-state index is 0.124. The monoisotopic (exact) mass is 429 g/mol. The quantitative estimate of drug-likeness (QED) is 0.667. The minimum Gasteiger partial charge on any atom is -0.483 e. The van der Waals surface area contributed by atoms with E-state index in [0.717, 1.165) is 28.1 Å². The van der Waals surface area contributed by atoms with Crippen LogP contribution in [0.3, 0.4) is 0 Å². The molecule has 1 aliphatic heterocycles. The van der Waals surface area contributed by atoms with Crippen molar-refractivity contribution in [1.82, 2.24) is 9.88 Å². The molecule has 150 valence electrons. The summed E-state index contributed by atoms with van der Waals surface area (Å²) in [5, 5.41) is 1.45. The molecule has 1 atom stereocenters. The smallest absolute Gasteiger partial charge is 0.260 e. The van der Waals surface area contributed by atoms with E-state index in [2.05, 4.69) is 6.07 Å². The van der Waals surface area contributed by atoms with Gasteiger partial charge in [0.2, 0.25) is 0 Å². The van der Waals surface area contributed by atoms with Crippen LogP contribution in [0.25, 0.3) is 10.2 Å². The van der Waals surface area contributed by atoms with Crippen molar-refractivity contribution in [3.05, 3.63) is 58.1 Å². The van der Waals surface area contributed by atoms with Crippen LogP contribution in [0, 0.1) is 0 Å². The number of benzene rings is 2. The average Bonchev–Trinajstić information content (AvgIpc) is 3.17. The van der Waals surface area contributed by atoms with Gasteiger partial charge in [-0.05, 0) is 43.2 Å². The van der Waals surface area contributed by atoms with Gasteiger partial charge in [0.15, 0.2) is 6.61 Å². The van der Waals surface area contributed by atoms with Gasteiger partial charge in [-0.2, -0.15) is 0 Å². The van der Waals surface area contributed by atoms with Crippen LogP contribution in [0.2, 0.25) is 5.02 Å². The number of aromatic nitrogens is 1. The Balaban J connectivity index is 1.42. The van der Waals surface area contributed by atoms with Crippen molar-refractivity contribution in [2.24, 2.45) is 5.73 Å². The zero-order valence-corrected chi connectivity index (χ0v) is 17.2. The predicted octanol–water partition coefficient (Wildman–Crippen LogP) is 3.83. The van der Waals surface area contributed by atoms with E-state index in [1.807, 2.05) is 18.2 Å². The van der Waals surface area contributed by atoms with Crippen LogP contribution in [0.15, 0.2) is 42.5 Å². The second kappa shape index (κ2) is 8.39. The van der Waals surface area contributed by atoms with E-state index in [1.54, 1.807) is 28.4 Å². The normalized spacial score (nSPS) is 16.7. The number of primary amides is 1. The van der Waals surface area contributed by atoms with Crippen molar-refractivity contribution < 1.29 is 14.3 Å². The Kier molecular flexibility index (Phi) is 5.69. The van der Waals surface area contributed by atoms with Gasteiger partial charge in [0.25, 0.3) is 11.8 Å². The summed E-state index contributed by atoms with van der Waals surface area (Å²) in [5.74, 6) is -0.290. The summed E-state index contributed by atoms with van der Waals surface area (Å²) in [4.78, 5) is 30.8. The lowest BCUT2D eigenvalue weighted by Gasteiger charge is -2.31. The summed E-state index contributed by atoms with van der Waals surface area (Å²) in [6.45, 7) is 1.15. The number of fused-ring (bicyclic) bond motifs is 1. The van der Waals surface area contributed by atoms with Gasteiger partial charge < -0.3 is 15.4 Å². The fraction of sp³-hybridized carbons (Fsp3) is 0.286. The number of carbonyl (C=O) groups is 2. The molecule has 8 heteroatoms. The molecule has 0 spiro atoms. The highest BCUT2D eigenvalue weighted by atomic mass is 35.5. The number of likely N-dealkylation sites (tertiary alicyclic amines) is 1. The van der Waals surface area contributed by atoms with E-state index in [4.69, 9.17) is 27.1 Å². The largest absolute Gasteiger partial charge is 0.483 e. The molecule has 6 nitrogen and oxygen atoms in total. The molecule has 0 unspecified atom stereocenters. The summed E-state index contributed by atoms with van der Waals surface area (Å²) >= 11 is 7.60. The van der Waals surface area contributed by atoms with E-state index in [9.17, 15) is 9.59 Å². The topological polar surface area (TPSA) is 85.5 Å². The average molecular weight is 430 g/mol. The molecule has 1 aliphatic rings. The first-order valence-corrected chi connectivity index (χ1v) is 10.6. The molecule has 2 N–H and O–H groups in total. The maximum Gasteiger partial charge on any atom is 0.260 e. The van der Waals surface area contributed by atoms with Crippen molar-refractivity contribution >= 4 is 45.0 Å². The molecular formula is C21H20ClN3O3S. The zero-order chi connectivity index (χ0) is 20.4. The molecule has 0 aliphatic carbocycles. The van der Waals surface area contributed by atoms with Crippen LogP contribution in [0.1, 0.15) is 34.1 Å². The van der Waals surface area contributed by atoms with E-state index in [-0.39, 0.29) is 29.7 Å². The first-order chi connectivity index (χ1) is 14.0. The molecule has 3 aromatic rings. The van der Waals surface area contributed by atoms with Crippen molar-refractivity contribution in [3.63, 3.8) is 0 Å². The van der Waals surface area contributed by atoms with Crippen molar-refractivity contribution in [3.8, 4) is 5.75 Å². The Labute approximate surface area is 177 Å². The lowest BCUT2D eigenvalue weighted by molar-refractivity contribution is -0.134. The molecule has 1 fully saturated rings. The Morgan fingerprint density at radius 3 is 2.90 bits per heavy atom. The van der Waals surface area contributed by atoms with Gasteiger partial charge in [-0.25, -0.2) is 4.98 Å². The minimum atomic E-state index is -0.649. The van der Waals surface area contributed by atoms with Gasteiger partial charge in [-0.1, -0.05) is 23.7 Å². The SMILES string of the molecule is NC(=O)c1cc(Cl)ccc1OCC(=O)N1CCC[C@@H](c2nc3ccccc3s2)C1. The summed E-state index contributed by atoms with van der Waals surface area (Å²) in [6, 6.07) is 12.7. The van der Waals surface area contributed by atoms with Crippen molar-refractivity contribution in [2.45, 2.75) is 18.8 Å². The maximum absolute atomic E-state index is 12.7. The number of piperidine rings is 1. The van der Waals surface area contributed by atoms with Crippen LogP contribution in [0.5, 0.6) is 5.75 Å². The number of amides is 2. The first kappa shape index (κ1) is 19.7. The Bertz CT molecular complexity index is 1040. The van der Waals surface area contributed by atoms with Crippen LogP contribution in [-0.2, 0) is 4.79 Å². The van der Waals surface area contributed by atoms with Gasteiger partial charge in [0.05, 0.1) is 20.8 Å². The molecule has 0 radical (unpaired) electrons. The molecule has 1 saturated heterocycles. The molecule has 2 amide bonds. The fourth-order valence-corrected chi connectivity index (χ4v) is 4.79. The third-order valence-electron chi connectivity index (χ3n) is 4.99. The fourth-order valence-electron chi connectivity index (χ4n) is 3.52. The number of hydrogen-bond acceptors (Lipinski definition) is 5. The molecule has 0 saturated carbocycles.